The summed E-state index contributed by atoms with van der Waals surface area (Å²) in [5, 5.41) is -0.738. The minimum absolute atomic E-state index is 0.104. The van der Waals surface area contributed by atoms with Crippen molar-refractivity contribution in [1.82, 2.24) is 4.90 Å². The molecule has 2 unspecified atom stereocenters. The third-order valence-corrected chi connectivity index (χ3v) is 5.28. The monoisotopic (exact) mass is 293 g/mol. The van der Waals surface area contributed by atoms with E-state index < -0.39 is 30.2 Å². The van der Waals surface area contributed by atoms with Crippen LogP contribution in [0.1, 0.15) is 20.8 Å². The van der Waals surface area contributed by atoms with Crippen molar-refractivity contribution < 1.29 is 17.6 Å². The minimum atomic E-state index is -3.29. The Kier molecular flexibility index (Phi) is 4.29. The number of likely N-dealkylation sites (tertiary alicyclic amines) is 1. The quantitative estimate of drug-likeness (QED) is 0.568. The zero-order valence-electron chi connectivity index (χ0n) is 11.9. The average Bonchev–Trinajstić information content (AvgIpc) is 2.09. The topological polar surface area (TPSA) is 63.7 Å². The molecule has 0 saturated carbocycles. The molecule has 1 aliphatic rings. The summed E-state index contributed by atoms with van der Waals surface area (Å²) in [5.41, 5.74) is -0.351. The Morgan fingerprint density at radius 3 is 2.17 bits per heavy atom. The van der Waals surface area contributed by atoms with Crippen molar-refractivity contribution in [2.45, 2.75) is 39.2 Å². The molecule has 1 rings (SSSR count). The van der Waals surface area contributed by atoms with Gasteiger partial charge in [0.15, 0.2) is 18.9 Å². The van der Waals surface area contributed by atoms with Crippen molar-refractivity contribution in [3.8, 4) is 0 Å². The first kappa shape index (κ1) is 15.7. The molecule has 1 amide bonds. The minimum Gasteiger partial charge on any atom is -0.403 e. The molecular formula is C11H23NO4SSi. The highest BCUT2D eigenvalue weighted by molar-refractivity contribution is 7.91. The zero-order chi connectivity index (χ0) is 14.3. The van der Waals surface area contributed by atoms with E-state index in [1.165, 1.54) is 11.2 Å². The molecule has 1 heterocycles. The van der Waals surface area contributed by atoms with E-state index in [0.717, 1.165) is 0 Å². The highest BCUT2D eigenvalue weighted by Crippen LogP contribution is 2.42. The Balaban J connectivity index is 2.92. The van der Waals surface area contributed by atoms with Crippen molar-refractivity contribution in [2.24, 2.45) is 11.3 Å². The van der Waals surface area contributed by atoms with E-state index in [1.807, 2.05) is 33.9 Å². The fraction of sp³-hybridized carbons (Fsp3) is 0.909. The van der Waals surface area contributed by atoms with Crippen LogP contribution in [0, 0.1) is 11.3 Å². The summed E-state index contributed by atoms with van der Waals surface area (Å²) in [6.45, 7) is 9.75. The predicted octanol–water partition coefficient (Wildman–Crippen LogP) is 0.819. The molecule has 106 valence electrons. The Bertz CT molecular complexity index is 427. The zero-order valence-corrected chi connectivity index (χ0v) is 13.9. The lowest BCUT2D eigenvalue weighted by molar-refractivity contribution is -0.163. The lowest BCUT2D eigenvalue weighted by Gasteiger charge is -2.50. The second-order valence-corrected chi connectivity index (χ2v) is 10.8. The normalized spacial score (nSPS) is 25.5. The molecule has 0 aliphatic carbocycles. The summed E-state index contributed by atoms with van der Waals surface area (Å²) in [6.07, 6.45) is 1.18. The fourth-order valence-electron chi connectivity index (χ4n) is 2.17. The number of amides is 1. The first-order valence-corrected chi connectivity index (χ1v) is 10.8. The Morgan fingerprint density at radius 2 is 1.83 bits per heavy atom. The largest absolute Gasteiger partial charge is 0.403 e. The van der Waals surface area contributed by atoms with Gasteiger partial charge >= 0.3 is 0 Å². The van der Waals surface area contributed by atoms with Crippen LogP contribution < -0.4 is 0 Å². The molecule has 0 radical (unpaired) electrons. The van der Waals surface area contributed by atoms with E-state index in [1.54, 1.807) is 0 Å². The number of hydrogen-bond donors (Lipinski definition) is 0. The molecule has 0 aromatic rings. The highest BCUT2D eigenvalue weighted by atomic mass is 32.2. The van der Waals surface area contributed by atoms with Crippen LogP contribution in [0.15, 0.2) is 0 Å². The molecule has 5 nitrogen and oxygen atoms in total. The summed E-state index contributed by atoms with van der Waals surface area (Å²) in [4.78, 5) is 13.4. The Labute approximate surface area is 111 Å². The molecule has 0 bridgehead atoms. The molecule has 7 heteroatoms. The van der Waals surface area contributed by atoms with E-state index in [9.17, 15) is 13.2 Å². The second-order valence-electron chi connectivity index (χ2n) is 6.22. The van der Waals surface area contributed by atoms with Gasteiger partial charge in [-0.25, -0.2) is 8.42 Å². The molecule has 18 heavy (non-hydrogen) atoms. The Hall–Kier alpha value is -0.403. The Morgan fingerprint density at radius 1 is 1.33 bits per heavy atom. The van der Waals surface area contributed by atoms with Gasteiger partial charge in [-0.05, 0) is 18.5 Å². The van der Waals surface area contributed by atoms with Crippen molar-refractivity contribution >= 4 is 24.8 Å². The lowest BCUT2D eigenvalue weighted by Crippen LogP contribution is -2.67. The fourth-order valence-corrected chi connectivity index (χ4v) is 4.27. The van der Waals surface area contributed by atoms with Gasteiger partial charge < -0.3 is 9.33 Å². The SMILES string of the molecule is C[SiH](C)OCN1C(=O)C(C(C)(C)C)C1S(C)(=O)=O. The molecular weight excluding hydrogens is 270 g/mol. The number of carbonyl (C=O) groups excluding carboxylic acids is 1. The van der Waals surface area contributed by atoms with Gasteiger partial charge in [0.1, 0.15) is 12.1 Å². The molecule has 1 aliphatic heterocycles. The van der Waals surface area contributed by atoms with Crippen LogP contribution in [-0.2, 0) is 19.1 Å². The third kappa shape index (κ3) is 3.13. The van der Waals surface area contributed by atoms with Gasteiger partial charge in [-0.3, -0.25) is 4.79 Å². The lowest BCUT2D eigenvalue weighted by atomic mass is 9.75. The van der Waals surface area contributed by atoms with Crippen LogP contribution >= 0.6 is 0 Å². The van der Waals surface area contributed by atoms with Crippen LogP contribution in [-0.4, -0.2) is 46.6 Å². The van der Waals surface area contributed by atoms with Gasteiger partial charge in [0, 0.05) is 6.26 Å². The number of sulfone groups is 1. The van der Waals surface area contributed by atoms with E-state index in [0.29, 0.717) is 0 Å². The maximum atomic E-state index is 12.1. The van der Waals surface area contributed by atoms with Crippen LogP contribution in [0.3, 0.4) is 0 Å². The molecule has 0 aromatic carbocycles. The van der Waals surface area contributed by atoms with E-state index in [4.69, 9.17) is 4.43 Å². The maximum Gasteiger partial charge on any atom is 0.232 e. The maximum absolute atomic E-state index is 12.1. The molecule has 2 atom stereocenters. The molecule has 0 aromatic heterocycles. The first-order valence-electron chi connectivity index (χ1n) is 6.07. The summed E-state index contributed by atoms with van der Waals surface area (Å²) in [7, 11) is -4.55. The predicted molar refractivity (Wildman–Crippen MR) is 73.3 cm³/mol. The number of carbonyl (C=O) groups is 1. The molecule has 1 saturated heterocycles. The van der Waals surface area contributed by atoms with E-state index in [2.05, 4.69) is 0 Å². The third-order valence-electron chi connectivity index (χ3n) is 3.06. The van der Waals surface area contributed by atoms with Gasteiger partial charge in [-0.15, -0.1) is 0 Å². The molecule has 1 fully saturated rings. The van der Waals surface area contributed by atoms with E-state index >= 15 is 0 Å². The van der Waals surface area contributed by atoms with Crippen molar-refractivity contribution in [2.75, 3.05) is 13.0 Å². The number of β-lactam (4-membered cyclic amide) rings is 1. The molecule has 0 spiro atoms. The smallest absolute Gasteiger partial charge is 0.232 e. The van der Waals surface area contributed by atoms with Crippen LogP contribution in [0.2, 0.25) is 13.1 Å². The molecule has 0 N–H and O–H groups in total. The van der Waals surface area contributed by atoms with Gasteiger partial charge in [0.05, 0.1) is 5.92 Å². The second kappa shape index (κ2) is 4.94. The van der Waals surface area contributed by atoms with Gasteiger partial charge in [-0.2, -0.15) is 0 Å². The summed E-state index contributed by atoms with van der Waals surface area (Å²) < 4.78 is 29.1. The van der Waals surface area contributed by atoms with Crippen molar-refractivity contribution in [1.29, 1.82) is 0 Å². The van der Waals surface area contributed by atoms with E-state index in [-0.39, 0.29) is 18.1 Å². The average molecular weight is 293 g/mol. The summed E-state index contributed by atoms with van der Waals surface area (Å²) >= 11 is 0. The number of hydrogen-bond acceptors (Lipinski definition) is 4. The summed E-state index contributed by atoms with van der Waals surface area (Å²) in [6, 6.07) is 0. The highest BCUT2D eigenvalue weighted by Gasteiger charge is 2.57. The number of rotatable bonds is 4. The standard InChI is InChI=1S/C11H23NO4SSi/c1-11(2,3)8-9(13)12(7-16-18(5)6)10(8)17(4,14)15/h8,10,18H,7H2,1-6H3. The summed E-state index contributed by atoms with van der Waals surface area (Å²) in [5.74, 6) is -0.586. The van der Waals surface area contributed by atoms with Crippen LogP contribution in [0.4, 0.5) is 0 Å². The van der Waals surface area contributed by atoms with Gasteiger partial charge in [-0.1, -0.05) is 20.8 Å². The van der Waals surface area contributed by atoms with Crippen molar-refractivity contribution in [3.05, 3.63) is 0 Å². The van der Waals surface area contributed by atoms with Gasteiger partial charge in [0.2, 0.25) is 5.91 Å². The van der Waals surface area contributed by atoms with Gasteiger partial charge in [0.25, 0.3) is 0 Å². The van der Waals surface area contributed by atoms with Crippen LogP contribution in [0.5, 0.6) is 0 Å². The van der Waals surface area contributed by atoms with Crippen LogP contribution in [0.25, 0.3) is 0 Å². The van der Waals surface area contributed by atoms with Crippen molar-refractivity contribution in [3.63, 3.8) is 0 Å². The first-order chi connectivity index (χ1) is 7.96. The number of nitrogens with zero attached hydrogens (tertiary/aromatic N) is 1.